The van der Waals surface area contributed by atoms with Gasteiger partial charge >= 0.3 is 0 Å². The van der Waals surface area contributed by atoms with Crippen molar-refractivity contribution >= 4 is 0 Å². The van der Waals surface area contributed by atoms with Crippen LogP contribution in [0.5, 0.6) is 0 Å². The summed E-state index contributed by atoms with van der Waals surface area (Å²) < 4.78 is 11.5. The third-order valence-electron chi connectivity index (χ3n) is 3.24. The maximum atomic E-state index is 9.96. The highest BCUT2D eigenvalue weighted by molar-refractivity contribution is 5.02. The van der Waals surface area contributed by atoms with Crippen LogP contribution in [0.2, 0.25) is 0 Å². The molecule has 2 N–H and O–H groups in total. The first kappa shape index (κ1) is 12.0. The van der Waals surface area contributed by atoms with Gasteiger partial charge in [0.2, 0.25) is 0 Å². The monoisotopic (exact) mass is 228 g/mol. The van der Waals surface area contributed by atoms with Crippen LogP contribution < -0.4 is 0 Å². The smallest absolute Gasteiger partial charge is 0.163 e. The number of hydrogen-bond acceptors (Lipinski definition) is 4. The summed E-state index contributed by atoms with van der Waals surface area (Å²) in [6.45, 7) is 3.74. The fraction of sp³-hybridized carbons (Fsp3) is 0.833. The van der Waals surface area contributed by atoms with Gasteiger partial charge in [0.05, 0.1) is 6.10 Å². The highest BCUT2D eigenvalue weighted by Crippen LogP contribution is 2.36. The molecule has 16 heavy (non-hydrogen) atoms. The Morgan fingerprint density at radius 1 is 1.31 bits per heavy atom. The molecular weight excluding hydrogens is 208 g/mol. The zero-order valence-corrected chi connectivity index (χ0v) is 9.80. The number of aliphatic hydroxyl groups excluding tert-OH is 2. The van der Waals surface area contributed by atoms with Crippen LogP contribution in [-0.2, 0) is 9.47 Å². The first-order chi connectivity index (χ1) is 7.53. The summed E-state index contributed by atoms with van der Waals surface area (Å²) in [5.74, 6) is -0.645. The van der Waals surface area contributed by atoms with E-state index in [2.05, 4.69) is 0 Å². The molecule has 0 amide bonds. The van der Waals surface area contributed by atoms with E-state index in [0.29, 0.717) is 0 Å². The van der Waals surface area contributed by atoms with Crippen molar-refractivity contribution in [3.8, 4) is 0 Å². The van der Waals surface area contributed by atoms with Gasteiger partial charge in [-0.3, -0.25) is 0 Å². The molecule has 1 fully saturated rings. The topological polar surface area (TPSA) is 58.9 Å². The molecule has 4 nitrogen and oxygen atoms in total. The lowest BCUT2D eigenvalue weighted by atomic mass is 9.89. The van der Waals surface area contributed by atoms with Gasteiger partial charge in [0.25, 0.3) is 0 Å². The van der Waals surface area contributed by atoms with E-state index >= 15 is 0 Å². The number of hydrogen-bond donors (Lipinski definition) is 2. The third kappa shape index (κ3) is 2.30. The minimum absolute atomic E-state index is 0.0337. The van der Waals surface area contributed by atoms with E-state index in [1.165, 1.54) is 0 Å². The minimum atomic E-state index is -0.679. The summed E-state index contributed by atoms with van der Waals surface area (Å²) in [6.07, 6.45) is 4.17. The molecular formula is C12H20O4. The minimum Gasteiger partial charge on any atom is -0.396 e. The Bertz CT molecular complexity index is 274. The van der Waals surface area contributed by atoms with Crippen molar-refractivity contribution in [2.75, 3.05) is 6.61 Å². The molecule has 4 atom stereocenters. The SMILES string of the molecule is CC1(C)OC2C(O)C=CCCC(CO)C2O1. The number of fused-ring (bicyclic) bond motifs is 1. The Kier molecular flexibility index (Phi) is 3.35. The first-order valence-corrected chi connectivity index (χ1v) is 5.85. The van der Waals surface area contributed by atoms with Gasteiger partial charge < -0.3 is 19.7 Å². The molecule has 0 saturated carbocycles. The zero-order valence-electron chi connectivity index (χ0n) is 9.80. The predicted molar refractivity (Wildman–Crippen MR) is 58.8 cm³/mol. The highest BCUT2D eigenvalue weighted by atomic mass is 16.8. The maximum Gasteiger partial charge on any atom is 0.163 e. The second kappa shape index (κ2) is 4.45. The quantitative estimate of drug-likeness (QED) is 0.653. The van der Waals surface area contributed by atoms with Crippen molar-refractivity contribution in [3.63, 3.8) is 0 Å². The number of ether oxygens (including phenoxy) is 2. The zero-order chi connectivity index (χ0) is 11.8. The van der Waals surface area contributed by atoms with Crippen molar-refractivity contribution in [2.45, 2.75) is 50.8 Å². The van der Waals surface area contributed by atoms with E-state index < -0.39 is 11.9 Å². The molecule has 1 saturated heterocycles. The van der Waals surface area contributed by atoms with Crippen LogP contribution >= 0.6 is 0 Å². The Hall–Kier alpha value is -0.420. The van der Waals surface area contributed by atoms with Gasteiger partial charge in [0.15, 0.2) is 5.79 Å². The summed E-state index contributed by atoms with van der Waals surface area (Å²) >= 11 is 0. The van der Waals surface area contributed by atoms with Gasteiger partial charge in [0.1, 0.15) is 12.2 Å². The van der Waals surface area contributed by atoms with Crippen molar-refractivity contribution in [3.05, 3.63) is 12.2 Å². The Balaban J connectivity index is 2.22. The third-order valence-corrected chi connectivity index (χ3v) is 3.24. The predicted octanol–water partition coefficient (Wildman–Crippen LogP) is 0.826. The van der Waals surface area contributed by atoms with E-state index in [4.69, 9.17) is 9.47 Å². The Morgan fingerprint density at radius 3 is 2.69 bits per heavy atom. The van der Waals surface area contributed by atoms with Gasteiger partial charge in [-0.05, 0) is 26.7 Å². The van der Waals surface area contributed by atoms with Crippen LogP contribution in [0, 0.1) is 5.92 Å². The normalized spacial score (nSPS) is 42.5. The van der Waals surface area contributed by atoms with Crippen LogP contribution in [0.4, 0.5) is 0 Å². The van der Waals surface area contributed by atoms with Crippen LogP contribution in [-0.4, -0.2) is 40.9 Å². The van der Waals surface area contributed by atoms with Crippen LogP contribution in [0.25, 0.3) is 0 Å². The molecule has 1 heterocycles. The van der Waals surface area contributed by atoms with Crippen LogP contribution in [0.3, 0.4) is 0 Å². The lowest BCUT2D eigenvalue weighted by Gasteiger charge is -2.28. The molecule has 0 aromatic rings. The summed E-state index contributed by atoms with van der Waals surface area (Å²) in [5.41, 5.74) is 0. The molecule has 0 radical (unpaired) electrons. The fourth-order valence-electron chi connectivity index (χ4n) is 2.46. The summed E-state index contributed by atoms with van der Waals surface area (Å²) in [4.78, 5) is 0. The highest BCUT2D eigenvalue weighted by Gasteiger charge is 2.47. The van der Waals surface area contributed by atoms with Crippen molar-refractivity contribution in [1.82, 2.24) is 0 Å². The van der Waals surface area contributed by atoms with Gasteiger partial charge in [-0.15, -0.1) is 0 Å². The van der Waals surface area contributed by atoms with Gasteiger partial charge in [-0.1, -0.05) is 12.2 Å². The summed E-state index contributed by atoms with van der Waals surface area (Å²) in [7, 11) is 0. The molecule has 2 rings (SSSR count). The molecule has 1 aliphatic heterocycles. The molecule has 0 aromatic heterocycles. The molecule has 1 aliphatic carbocycles. The lowest BCUT2D eigenvalue weighted by Crippen LogP contribution is -2.40. The second-order valence-corrected chi connectivity index (χ2v) is 5.00. The Labute approximate surface area is 95.9 Å². The number of allylic oxidation sites excluding steroid dienone is 1. The summed E-state index contributed by atoms with van der Waals surface area (Å²) in [5, 5.41) is 19.3. The first-order valence-electron chi connectivity index (χ1n) is 5.85. The molecule has 4 unspecified atom stereocenters. The van der Waals surface area contributed by atoms with E-state index in [9.17, 15) is 10.2 Å². The standard InChI is InChI=1S/C12H20O4/c1-12(2)15-10-8(7-13)5-3-4-6-9(14)11(10)16-12/h4,6,8-11,13-14H,3,5,7H2,1-2H3. The second-order valence-electron chi connectivity index (χ2n) is 5.00. The lowest BCUT2D eigenvalue weighted by molar-refractivity contribution is -0.156. The van der Waals surface area contributed by atoms with E-state index in [1.807, 2.05) is 19.9 Å². The number of rotatable bonds is 1. The van der Waals surface area contributed by atoms with Crippen molar-refractivity contribution < 1.29 is 19.7 Å². The largest absolute Gasteiger partial charge is 0.396 e. The van der Waals surface area contributed by atoms with E-state index in [1.54, 1.807) is 6.08 Å². The van der Waals surface area contributed by atoms with Crippen LogP contribution in [0.15, 0.2) is 12.2 Å². The van der Waals surface area contributed by atoms with Gasteiger partial charge in [0, 0.05) is 12.5 Å². The van der Waals surface area contributed by atoms with E-state index in [-0.39, 0.29) is 24.7 Å². The maximum absolute atomic E-state index is 9.96. The fourth-order valence-corrected chi connectivity index (χ4v) is 2.46. The molecule has 4 heteroatoms. The number of aliphatic hydroxyl groups is 2. The molecule has 2 aliphatic rings. The van der Waals surface area contributed by atoms with E-state index in [0.717, 1.165) is 12.8 Å². The average Bonchev–Trinajstić information content (AvgIpc) is 2.52. The van der Waals surface area contributed by atoms with Crippen LogP contribution in [0.1, 0.15) is 26.7 Å². The molecule has 0 bridgehead atoms. The summed E-state index contributed by atoms with van der Waals surface area (Å²) in [6, 6.07) is 0. The van der Waals surface area contributed by atoms with Gasteiger partial charge in [-0.2, -0.15) is 0 Å². The van der Waals surface area contributed by atoms with Crippen molar-refractivity contribution in [2.24, 2.45) is 5.92 Å². The Morgan fingerprint density at radius 2 is 2.00 bits per heavy atom. The average molecular weight is 228 g/mol. The van der Waals surface area contributed by atoms with Gasteiger partial charge in [-0.25, -0.2) is 0 Å². The molecule has 0 aromatic carbocycles. The van der Waals surface area contributed by atoms with Crippen molar-refractivity contribution in [1.29, 1.82) is 0 Å². The molecule has 0 spiro atoms. The molecule has 92 valence electrons.